The van der Waals surface area contributed by atoms with E-state index in [1.807, 2.05) is 13.8 Å². The summed E-state index contributed by atoms with van der Waals surface area (Å²) in [4.78, 5) is 22.8. The van der Waals surface area contributed by atoms with Crippen molar-refractivity contribution in [3.63, 3.8) is 0 Å². The zero-order chi connectivity index (χ0) is 13.5. The maximum atomic E-state index is 11.7. The molecule has 0 aromatic heterocycles. The molecule has 0 bridgehead atoms. The van der Waals surface area contributed by atoms with E-state index in [0.717, 1.165) is 25.7 Å². The Morgan fingerprint density at radius 2 is 1.94 bits per heavy atom. The summed E-state index contributed by atoms with van der Waals surface area (Å²) in [6.45, 7) is 3.72. The van der Waals surface area contributed by atoms with Crippen LogP contribution in [0, 0.1) is 5.92 Å². The minimum Gasteiger partial charge on any atom is -0.481 e. The largest absolute Gasteiger partial charge is 0.481 e. The molecule has 1 aliphatic carbocycles. The Kier molecular flexibility index (Phi) is 6.12. The first kappa shape index (κ1) is 15.0. The first-order valence-electron chi connectivity index (χ1n) is 6.64. The number of ether oxygens (including phenoxy) is 1. The van der Waals surface area contributed by atoms with Crippen molar-refractivity contribution in [1.29, 1.82) is 0 Å². The molecule has 18 heavy (non-hydrogen) atoms. The molecule has 0 unspecified atom stereocenters. The molecular weight excluding hydrogens is 234 g/mol. The lowest BCUT2D eigenvalue weighted by atomic mass is 9.95. The second-order valence-corrected chi connectivity index (χ2v) is 5.12. The Hall–Kier alpha value is -1.10. The molecule has 0 spiro atoms. The lowest BCUT2D eigenvalue weighted by molar-refractivity contribution is -0.143. The molecule has 0 aromatic carbocycles. The van der Waals surface area contributed by atoms with E-state index in [4.69, 9.17) is 4.74 Å². The summed E-state index contributed by atoms with van der Waals surface area (Å²) in [5.41, 5.74) is 0. The van der Waals surface area contributed by atoms with Crippen LogP contribution in [0.25, 0.3) is 0 Å². The van der Waals surface area contributed by atoms with E-state index < -0.39 is 11.9 Å². The normalized spacial score (nSPS) is 24.6. The molecule has 0 aromatic rings. The van der Waals surface area contributed by atoms with Crippen molar-refractivity contribution in [2.24, 2.45) is 5.92 Å². The summed E-state index contributed by atoms with van der Waals surface area (Å²) in [6, 6.07) is -0.256. The van der Waals surface area contributed by atoms with Crippen LogP contribution in [-0.2, 0) is 14.3 Å². The predicted octanol–water partition coefficient (Wildman–Crippen LogP) is 1.56. The van der Waals surface area contributed by atoms with E-state index in [-0.39, 0.29) is 24.7 Å². The summed E-state index contributed by atoms with van der Waals surface area (Å²) in [7, 11) is 0. The van der Waals surface area contributed by atoms with Crippen molar-refractivity contribution >= 4 is 11.9 Å². The number of hydrogen-bond donors (Lipinski definition) is 2. The highest BCUT2D eigenvalue weighted by Gasteiger charge is 2.30. The fourth-order valence-electron chi connectivity index (χ4n) is 2.27. The average Bonchev–Trinajstić information content (AvgIpc) is 2.51. The maximum Gasteiger partial charge on any atom is 0.308 e. The second kappa shape index (κ2) is 7.36. The Morgan fingerprint density at radius 1 is 1.28 bits per heavy atom. The van der Waals surface area contributed by atoms with Crippen LogP contribution < -0.4 is 5.32 Å². The number of amides is 1. The molecule has 0 saturated heterocycles. The monoisotopic (exact) mass is 257 g/mol. The molecule has 104 valence electrons. The summed E-state index contributed by atoms with van der Waals surface area (Å²) < 4.78 is 5.21. The second-order valence-electron chi connectivity index (χ2n) is 5.12. The van der Waals surface area contributed by atoms with Gasteiger partial charge in [-0.05, 0) is 26.7 Å². The van der Waals surface area contributed by atoms with Gasteiger partial charge in [0.1, 0.15) is 6.61 Å². The molecule has 1 saturated carbocycles. The van der Waals surface area contributed by atoms with Crippen LogP contribution in [0.3, 0.4) is 0 Å². The molecule has 0 aliphatic heterocycles. The number of carboxylic acid groups (broad SMARTS) is 1. The fourth-order valence-corrected chi connectivity index (χ4v) is 2.27. The van der Waals surface area contributed by atoms with Crippen LogP contribution in [0.1, 0.15) is 46.0 Å². The van der Waals surface area contributed by atoms with Gasteiger partial charge in [0.15, 0.2) is 0 Å². The van der Waals surface area contributed by atoms with E-state index in [2.05, 4.69) is 5.32 Å². The molecule has 5 heteroatoms. The van der Waals surface area contributed by atoms with Gasteiger partial charge in [-0.3, -0.25) is 9.59 Å². The van der Waals surface area contributed by atoms with Gasteiger partial charge in [-0.15, -0.1) is 0 Å². The van der Waals surface area contributed by atoms with E-state index in [1.165, 1.54) is 0 Å². The zero-order valence-corrected chi connectivity index (χ0v) is 11.1. The number of aliphatic carboxylic acids is 1. The fraction of sp³-hybridized carbons (Fsp3) is 0.846. The van der Waals surface area contributed by atoms with Crippen molar-refractivity contribution in [3.05, 3.63) is 0 Å². The minimum absolute atomic E-state index is 0.000143. The van der Waals surface area contributed by atoms with E-state index in [1.54, 1.807) is 0 Å². The summed E-state index contributed by atoms with van der Waals surface area (Å²) in [5, 5.41) is 12.0. The van der Waals surface area contributed by atoms with E-state index >= 15 is 0 Å². The van der Waals surface area contributed by atoms with Gasteiger partial charge in [0.05, 0.1) is 12.0 Å². The van der Waals surface area contributed by atoms with Gasteiger partial charge < -0.3 is 15.2 Å². The summed E-state index contributed by atoms with van der Waals surface area (Å²) in [5.74, 6) is -1.50. The molecule has 1 fully saturated rings. The van der Waals surface area contributed by atoms with Crippen molar-refractivity contribution < 1.29 is 19.4 Å². The van der Waals surface area contributed by atoms with Crippen LogP contribution in [-0.4, -0.2) is 35.7 Å². The highest BCUT2D eigenvalue weighted by atomic mass is 16.5. The maximum absolute atomic E-state index is 11.7. The summed E-state index contributed by atoms with van der Waals surface area (Å²) >= 11 is 0. The third-order valence-electron chi connectivity index (χ3n) is 3.23. The van der Waals surface area contributed by atoms with E-state index in [9.17, 15) is 14.7 Å². The molecule has 1 aliphatic rings. The van der Waals surface area contributed by atoms with Gasteiger partial charge in [-0.25, -0.2) is 0 Å². The Morgan fingerprint density at radius 3 is 2.56 bits per heavy atom. The number of hydrogen-bond acceptors (Lipinski definition) is 3. The standard InChI is InChI=1S/C13H23NO4/c1-9(2)18-8-12(15)14-11-7-5-3-4-6-10(11)13(16)17/h9-11H,3-8H2,1-2H3,(H,14,15)(H,16,17)/t10-,11+/m1/s1. The predicted molar refractivity (Wildman–Crippen MR) is 67.2 cm³/mol. The first-order valence-corrected chi connectivity index (χ1v) is 6.64. The van der Waals surface area contributed by atoms with Crippen LogP contribution in [0.5, 0.6) is 0 Å². The van der Waals surface area contributed by atoms with Gasteiger partial charge in [-0.1, -0.05) is 19.3 Å². The number of carbonyl (C=O) groups excluding carboxylic acids is 1. The first-order chi connectivity index (χ1) is 8.50. The smallest absolute Gasteiger partial charge is 0.308 e. The van der Waals surface area contributed by atoms with Crippen LogP contribution >= 0.6 is 0 Å². The van der Waals surface area contributed by atoms with Crippen LogP contribution in [0.4, 0.5) is 0 Å². The molecule has 0 heterocycles. The lowest BCUT2D eigenvalue weighted by Crippen LogP contribution is -2.44. The quantitative estimate of drug-likeness (QED) is 0.733. The lowest BCUT2D eigenvalue weighted by Gasteiger charge is -2.23. The molecule has 2 N–H and O–H groups in total. The Balaban J connectivity index is 2.49. The average molecular weight is 257 g/mol. The molecule has 1 amide bonds. The highest BCUT2D eigenvalue weighted by molar-refractivity contribution is 5.79. The third kappa shape index (κ3) is 5.04. The van der Waals surface area contributed by atoms with Gasteiger partial charge >= 0.3 is 5.97 Å². The van der Waals surface area contributed by atoms with E-state index in [0.29, 0.717) is 6.42 Å². The SMILES string of the molecule is CC(C)OCC(=O)N[C@H]1CCCCC[C@H]1C(=O)O. The molecule has 5 nitrogen and oxygen atoms in total. The van der Waals surface area contributed by atoms with Gasteiger partial charge in [0.25, 0.3) is 0 Å². The third-order valence-corrected chi connectivity index (χ3v) is 3.23. The van der Waals surface area contributed by atoms with Crippen LogP contribution in [0.15, 0.2) is 0 Å². The molecular formula is C13H23NO4. The van der Waals surface area contributed by atoms with Gasteiger partial charge in [0, 0.05) is 6.04 Å². The Bertz CT molecular complexity index is 291. The minimum atomic E-state index is -0.813. The van der Waals surface area contributed by atoms with Crippen molar-refractivity contribution in [2.45, 2.75) is 58.1 Å². The Labute approximate surface area is 108 Å². The number of carbonyl (C=O) groups is 2. The molecule has 0 radical (unpaired) electrons. The highest BCUT2D eigenvalue weighted by Crippen LogP contribution is 2.23. The van der Waals surface area contributed by atoms with Crippen molar-refractivity contribution in [2.75, 3.05) is 6.61 Å². The molecule has 1 rings (SSSR count). The summed E-state index contributed by atoms with van der Waals surface area (Å²) in [6.07, 6.45) is 4.32. The number of carboxylic acids is 1. The van der Waals surface area contributed by atoms with Gasteiger partial charge in [0.2, 0.25) is 5.91 Å². The van der Waals surface area contributed by atoms with Crippen LogP contribution in [0.2, 0.25) is 0 Å². The zero-order valence-electron chi connectivity index (χ0n) is 11.1. The van der Waals surface area contributed by atoms with Crippen molar-refractivity contribution in [1.82, 2.24) is 5.32 Å². The number of rotatable bonds is 5. The topological polar surface area (TPSA) is 75.6 Å². The molecule has 2 atom stereocenters. The van der Waals surface area contributed by atoms with Gasteiger partial charge in [-0.2, -0.15) is 0 Å². The van der Waals surface area contributed by atoms with Crippen molar-refractivity contribution in [3.8, 4) is 0 Å². The number of nitrogens with one attached hydrogen (secondary N) is 1.